The van der Waals surface area contributed by atoms with Crippen LogP contribution in [0.5, 0.6) is 0 Å². The van der Waals surface area contributed by atoms with Crippen LogP contribution in [0.15, 0.2) is 36.4 Å². The van der Waals surface area contributed by atoms with Crippen molar-refractivity contribution in [2.75, 3.05) is 17.2 Å². The van der Waals surface area contributed by atoms with Gasteiger partial charge in [-0.25, -0.2) is 0 Å². The quantitative estimate of drug-likeness (QED) is 0.859. The normalized spacial score (nSPS) is 10.3. The van der Waals surface area contributed by atoms with Gasteiger partial charge in [0.2, 0.25) is 5.91 Å². The minimum Gasteiger partial charge on any atom is -0.375 e. The number of nitrogens with one attached hydrogen (secondary N) is 2. The van der Waals surface area contributed by atoms with Crippen molar-refractivity contribution in [1.29, 1.82) is 0 Å². The van der Waals surface area contributed by atoms with Crippen molar-refractivity contribution in [3.05, 3.63) is 57.6 Å². The molecule has 0 aliphatic carbocycles. The SMILES string of the molecule is Cc1ccc(NC(=O)CNc2ccc(Cl)cc2Cl)c(C)c1. The van der Waals surface area contributed by atoms with Crippen molar-refractivity contribution in [3.8, 4) is 0 Å². The highest BCUT2D eigenvalue weighted by Gasteiger charge is 2.06. The average molecular weight is 323 g/mol. The largest absolute Gasteiger partial charge is 0.375 e. The third-order valence-corrected chi connectivity index (χ3v) is 3.57. The molecule has 0 unspecified atom stereocenters. The standard InChI is InChI=1S/C16H16Cl2N2O/c1-10-3-5-14(11(2)7-10)20-16(21)9-19-15-6-4-12(17)8-13(15)18/h3-8,19H,9H2,1-2H3,(H,20,21). The Morgan fingerprint density at radius 1 is 1.05 bits per heavy atom. The zero-order chi connectivity index (χ0) is 15.4. The summed E-state index contributed by atoms with van der Waals surface area (Å²) in [5, 5.41) is 6.90. The number of carbonyl (C=O) groups excluding carboxylic acids is 1. The molecule has 3 nitrogen and oxygen atoms in total. The van der Waals surface area contributed by atoms with Crippen LogP contribution in [0.4, 0.5) is 11.4 Å². The number of benzene rings is 2. The van der Waals surface area contributed by atoms with E-state index >= 15 is 0 Å². The molecule has 0 radical (unpaired) electrons. The van der Waals surface area contributed by atoms with E-state index in [2.05, 4.69) is 10.6 Å². The molecule has 0 heterocycles. The van der Waals surface area contributed by atoms with Crippen molar-refractivity contribution in [3.63, 3.8) is 0 Å². The van der Waals surface area contributed by atoms with Gasteiger partial charge >= 0.3 is 0 Å². The Balaban J connectivity index is 1.96. The van der Waals surface area contributed by atoms with Crippen LogP contribution in [-0.4, -0.2) is 12.5 Å². The lowest BCUT2D eigenvalue weighted by Crippen LogP contribution is -2.22. The lowest BCUT2D eigenvalue weighted by atomic mass is 10.1. The van der Waals surface area contributed by atoms with E-state index in [0.29, 0.717) is 15.7 Å². The first-order chi connectivity index (χ1) is 9.95. The Hall–Kier alpha value is -1.71. The number of rotatable bonds is 4. The van der Waals surface area contributed by atoms with Crippen LogP contribution in [0.3, 0.4) is 0 Å². The van der Waals surface area contributed by atoms with Crippen molar-refractivity contribution in [2.24, 2.45) is 0 Å². The summed E-state index contributed by atoms with van der Waals surface area (Å²) >= 11 is 11.9. The molecule has 2 aromatic rings. The van der Waals surface area contributed by atoms with Gasteiger partial charge in [0.15, 0.2) is 0 Å². The maximum absolute atomic E-state index is 12.0. The molecule has 0 atom stereocenters. The molecule has 1 amide bonds. The van der Waals surface area contributed by atoms with Crippen molar-refractivity contribution in [2.45, 2.75) is 13.8 Å². The summed E-state index contributed by atoms with van der Waals surface area (Å²) in [6, 6.07) is 11.0. The second kappa shape index (κ2) is 6.83. The molecule has 2 N–H and O–H groups in total. The second-order valence-electron chi connectivity index (χ2n) is 4.84. The van der Waals surface area contributed by atoms with E-state index in [1.807, 2.05) is 32.0 Å². The molecule has 110 valence electrons. The number of aryl methyl sites for hydroxylation is 2. The molecule has 0 aromatic heterocycles. The van der Waals surface area contributed by atoms with Crippen molar-refractivity contribution < 1.29 is 4.79 Å². The first kappa shape index (κ1) is 15.7. The molecule has 21 heavy (non-hydrogen) atoms. The van der Waals surface area contributed by atoms with Crippen LogP contribution >= 0.6 is 23.2 Å². The summed E-state index contributed by atoms with van der Waals surface area (Å²) in [7, 11) is 0. The first-order valence-electron chi connectivity index (χ1n) is 6.52. The first-order valence-corrected chi connectivity index (χ1v) is 7.27. The predicted molar refractivity (Wildman–Crippen MR) is 89.5 cm³/mol. The van der Waals surface area contributed by atoms with Gasteiger partial charge in [-0.1, -0.05) is 40.9 Å². The Morgan fingerprint density at radius 2 is 1.76 bits per heavy atom. The van der Waals surface area contributed by atoms with E-state index in [1.165, 1.54) is 0 Å². The Morgan fingerprint density at radius 3 is 2.43 bits per heavy atom. The van der Waals surface area contributed by atoms with E-state index in [-0.39, 0.29) is 12.5 Å². The summed E-state index contributed by atoms with van der Waals surface area (Å²) in [5.41, 5.74) is 3.69. The lowest BCUT2D eigenvalue weighted by molar-refractivity contribution is -0.114. The van der Waals surface area contributed by atoms with Gasteiger partial charge < -0.3 is 10.6 Å². The number of halogens is 2. The van der Waals surface area contributed by atoms with E-state index in [1.54, 1.807) is 18.2 Å². The molecule has 0 spiro atoms. The van der Waals surface area contributed by atoms with Crippen molar-refractivity contribution in [1.82, 2.24) is 0 Å². The zero-order valence-corrected chi connectivity index (χ0v) is 13.3. The summed E-state index contributed by atoms with van der Waals surface area (Å²) in [6.07, 6.45) is 0. The maximum Gasteiger partial charge on any atom is 0.243 e. The van der Waals surface area contributed by atoms with Crippen LogP contribution < -0.4 is 10.6 Å². The molecule has 0 fully saturated rings. The van der Waals surface area contributed by atoms with Gasteiger partial charge in [0, 0.05) is 10.7 Å². The summed E-state index contributed by atoms with van der Waals surface area (Å²) < 4.78 is 0. The molecule has 2 rings (SSSR count). The minimum atomic E-state index is -0.132. The highest BCUT2D eigenvalue weighted by Crippen LogP contribution is 2.25. The molecular formula is C16H16Cl2N2O. The molecule has 0 bridgehead atoms. The summed E-state index contributed by atoms with van der Waals surface area (Å²) in [6.45, 7) is 4.11. The number of anilines is 2. The van der Waals surface area contributed by atoms with Crippen LogP contribution in [-0.2, 0) is 4.79 Å². The summed E-state index contributed by atoms with van der Waals surface area (Å²) in [5.74, 6) is -0.132. The number of carbonyl (C=O) groups is 1. The summed E-state index contributed by atoms with van der Waals surface area (Å²) in [4.78, 5) is 12.0. The Labute approximate surface area is 134 Å². The van der Waals surface area contributed by atoms with Gasteiger partial charge in [-0.2, -0.15) is 0 Å². The molecule has 5 heteroatoms. The fourth-order valence-corrected chi connectivity index (χ4v) is 2.43. The van der Waals surface area contributed by atoms with E-state index in [0.717, 1.165) is 16.8 Å². The highest BCUT2D eigenvalue weighted by molar-refractivity contribution is 6.36. The number of amides is 1. The van der Waals surface area contributed by atoms with Gasteiger partial charge in [-0.05, 0) is 43.7 Å². The molecule has 0 aliphatic heterocycles. The van der Waals surface area contributed by atoms with Gasteiger partial charge in [0.05, 0.1) is 17.3 Å². The number of hydrogen-bond acceptors (Lipinski definition) is 2. The zero-order valence-electron chi connectivity index (χ0n) is 11.8. The van der Waals surface area contributed by atoms with Crippen molar-refractivity contribution >= 4 is 40.5 Å². The molecule has 2 aromatic carbocycles. The monoisotopic (exact) mass is 322 g/mol. The van der Waals surface area contributed by atoms with E-state index < -0.39 is 0 Å². The smallest absolute Gasteiger partial charge is 0.243 e. The molecular weight excluding hydrogens is 307 g/mol. The predicted octanol–water partition coefficient (Wildman–Crippen LogP) is 4.66. The van der Waals surface area contributed by atoms with Gasteiger partial charge in [-0.3, -0.25) is 4.79 Å². The van der Waals surface area contributed by atoms with Gasteiger partial charge in [0.25, 0.3) is 0 Å². The number of hydrogen-bond donors (Lipinski definition) is 2. The van der Waals surface area contributed by atoms with Gasteiger partial charge in [-0.15, -0.1) is 0 Å². The van der Waals surface area contributed by atoms with Crippen LogP contribution in [0.1, 0.15) is 11.1 Å². The maximum atomic E-state index is 12.0. The van der Waals surface area contributed by atoms with Gasteiger partial charge in [0.1, 0.15) is 0 Å². The second-order valence-corrected chi connectivity index (χ2v) is 5.69. The average Bonchev–Trinajstić information content (AvgIpc) is 2.41. The minimum absolute atomic E-state index is 0.132. The van der Waals surface area contributed by atoms with E-state index in [9.17, 15) is 4.79 Å². The fourth-order valence-electron chi connectivity index (χ4n) is 1.96. The van der Waals surface area contributed by atoms with Crippen LogP contribution in [0.2, 0.25) is 10.0 Å². The van der Waals surface area contributed by atoms with E-state index in [4.69, 9.17) is 23.2 Å². The molecule has 0 saturated carbocycles. The third-order valence-electron chi connectivity index (χ3n) is 3.03. The molecule has 0 aliphatic rings. The third kappa shape index (κ3) is 4.38. The highest BCUT2D eigenvalue weighted by atomic mass is 35.5. The molecule has 0 saturated heterocycles. The Bertz CT molecular complexity index is 671. The lowest BCUT2D eigenvalue weighted by Gasteiger charge is -2.11. The fraction of sp³-hybridized carbons (Fsp3) is 0.188. The van der Waals surface area contributed by atoms with Crippen LogP contribution in [0.25, 0.3) is 0 Å². The van der Waals surface area contributed by atoms with Crippen LogP contribution in [0, 0.1) is 13.8 Å². The Kier molecular flexibility index (Phi) is 5.10. The topological polar surface area (TPSA) is 41.1 Å².